The Kier molecular flexibility index (Phi) is 8.18. The highest BCUT2D eigenvalue weighted by molar-refractivity contribution is 6.18. The van der Waals surface area contributed by atoms with Crippen molar-refractivity contribution >= 4 is 13.4 Å². The molecular weight excluding hydrogens is 341 g/mol. The molecule has 0 saturated carbocycles. The Morgan fingerprint density at radius 3 is 2.54 bits per heavy atom. The molecule has 0 bridgehead atoms. The number of nitrogens with zero attached hydrogens (tertiary/aromatic N) is 1. The third-order valence-corrected chi connectivity index (χ3v) is 5.32. The lowest BCUT2D eigenvalue weighted by Gasteiger charge is -2.40. The molecule has 150 valence electrons. The quantitative estimate of drug-likeness (QED) is 0.566. The van der Waals surface area contributed by atoms with Crippen LogP contribution in [0.3, 0.4) is 0 Å². The van der Waals surface area contributed by atoms with Crippen molar-refractivity contribution in [3.63, 3.8) is 0 Å². The van der Waals surface area contributed by atoms with Crippen LogP contribution in [0, 0.1) is 0 Å². The third-order valence-electron chi connectivity index (χ3n) is 5.32. The van der Waals surface area contributed by atoms with E-state index in [2.05, 4.69) is 49.1 Å². The summed E-state index contributed by atoms with van der Waals surface area (Å²) in [5.41, 5.74) is 2.36. The third kappa shape index (κ3) is 6.41. The molecule has 3 rings (SSSR count). The van der Waals surface area contributed by atoms with Crippen LogP contribution >= 0.6 is 0 Å². The van der Waals surface area contributed by atoms with E-state index in [1.165, 1.54) is 32.4 Å². The molecule has 1 aliphatic heterocycles. The summed E-state index contributed by atoms with van der Waals surface area (Å²) in [4.78, 5) is 2.56. The van der Waals surface area contributed by atoms with E-state index in [1.54, 1.807) is 0 Å². The van der Waals surface area contributed by atoms with E-state index in [-0.39, 0.29) is 5.54 Å². The smallest absolute Gasteiger partial charge is 0.120 e. The zero-order valence-electron chi connectivity index (χ0n) is 18.4. The second kappa shape index (κ2) is 10.2. The van der Waals surface area contributed by atoms with Gasteiger partial charge < -0.3 is 4.74 Å². The molecule has 1 heterocycles. The van der Waals surface area contributed by atoms with Crippen molar-refractivity contribution < 1.29 is 4.74 Å². The maximum atomic E-state index is 6.19. The fraction of sp³-hybridized carbons (Fsp3) is 0.520. The van der Waals surface area contributed by atoms with Crippen molar-refractivity contribution in [2.24, 2.45) is 0 Å². The number of hydrogen-bond acceptors (Lipinski definition) is 2. The first-order valence-electron chi connectivity index (χ1n) is 10.7. The van der Waals surface area contributed by atoms with Crippen LogP contribution in [0.25, 0.3) is 5.57 Å². The van der Waals surface area contributed by atoms with Crippen LogP contribution in [-0.4, -0.2) is 38.0 Å². The summed E-state index contributed by atoms with van der Waals surface area (Å²) in [6.07, 6.45) is 14.2. The molecule has 0 spiro atoms. The molecule has 3 heteroatoms. The second-order valence-corrected chi connectivity index (χ2v) is 8.36. The monoisotopic (exact) mass is 377 g/mol. The highest BCUT2D eigenvalue weighted by Crippen LogP contribution is 2.31. The fourth-order valence-electron chi connectivity index (χ4n) is 3.55. The first-order chi connectivity index (χ1) is 13.4. The molecule has 0 aromatic heterocycles. The summed E-state index contributed by atoms with van der Waals surface area (Å²) in [7, 11) is 6.18. The fourth-order valence-corrected chi connectivity index (χ4v) is 3.55. The van der Waals surface area contributed by atoms with Gasteiger partial charge in [-0.1, -0.05) is 69.7 Å². The van der Waals surface area contributed by atoms with Crippen LogP contribution in [-0.2, 0) is 0 Å². The minimum absolute atomic E-state index is 0.0576. The number of rotatable bonds is 5. The minimum atomic E-state index is -0.398. The van der Waals surface area contributed by atoms with E-state index < -0.39 is 5.31 Å². The molecule has 28 heavy (non-hydrogen) atoms. The van der Waals surface area contributed by atoms with E-state index >= 15 is 0 Å². The Morgan fingerprint density at radius 2 is 1.82 bits per heavy atom. The van der Waals surface area contributed by atoms with Crippen molar-refractivity contribution in [1.29, 1.82) is 0 Å². The van der Waals surface area contributed by atoms with Crippen molar-refractivity contribution in [3.8, 4) is 5.75 Å². The van der Waals surface area contributed by atoms with Gasteiger partial charge in [0, 0.05) is 5.54 Å². The van der Waals surface area contributed by atoms with Gasteiger partial charge in [-0.15, -0.1) is 0 Å². The van der Waals surface area contributed by atoms with Gasteiger partial charge in [0.25, 0.3) is 0 Å². The second-order valence-electron chi connectivity index (χ2n) is 8.36. The van der Waals surface area contributed by atoms with Crippen LogP contribution in [0.4, 0.5) is 0 Å². The standard InChI is InChI=1S/C23H30BNO.C2H6/c1-22(2,25-15-5-4-6-16-25)18-26-21-11-7-9-20(17-21)19-10-8-13-23(3,24)14-12-19;1-2/h7-14,17H,4-6,15-16,18H2,1-3H3;1-2H3. The molecule has 2 radical (unpaired) electrons. The minimum Gasteiger partial charge on any atom is -0.492 e. The van der Waals surface area contributed by atoms with E-state index in [1.807, 2.05) is 45.1 Å². The first kappa shape index (κ1) is 22.6. The number of piperidine rings is 1. The van der Waals surface area contributed by atoms with Gasteiger partial charge in [-0.25, -0.2) is 0 Å². The maximum Gasteiger partial charge on any atom is 0.120 e. The van der Waals surface area contributed by atoms with Gasteiger partial charge in [0.2, 0.25) is 0 Å². The lowest BCUT2D eigenvalue weighted by Crippen LogP contribution is -2.50. The Bertz CT molecular complexity index is 709. The largest absolute Gasteiger partial charge is 0.492 e. The van der Waals surface area contributed by atoms with Gasteiger partial charge in [0.15, 0.2) is 0 Å². The average molecular weight is 377 g/mol. The van der Waals surface area contributed by atoms with Gasteiger partial charge in [-0.2, -0.15) is 0 Å². The van der Waals surface area contributed by atoms with Crippen molar-refractivity contribution in [2.75, 3.05) is 19.7 Å². The highest BCUT2D eigenvalue weighted by atomic mass is 16.5. The van der Waals surface area contributed by atoms with Gasteiger partial charge >= 0.3 is 0 Å². The summed E-state index contributed by atoms with van der Waals surface area (Å²) < 4.78 is 6.19. The Balaban J connectivity index is 0.00000136. The maximum absolute atomic E-state index is 6.19. The molecule has 1 saturated heterocycles. The zero-order chi connectivity index (χ0) is 20.6. The number of benzene rings is 1. The molecule has 0 amide bonds. The molecule has 0 N–H and O–H groups in total. The molecular formula is C25H36BNO. The normalized spacial score (nSPS) is 22.7. The topological polar surface area (TPSA) is 12.5 Å². The Morgan fingerprint density at radius 1 is 1.11 bits per heavy atom. The van der Waals surface area contributed by atoms with E-state index in [4.69, 9.17) is 12.6 Å². The summed E-state index contributed by atoms with van der Waals surface area (Å²) in [5.74, 6) is 0.922. The predicted octanol–water partition coefficient (Wildman–Crippen LogP) is 6.21. The summed E-state index contributed by atoms with van der Waals surface area (Å²) >= 11 is 0. The molecule has 2 aliphatic rings. The van der Waals surface area contributed by atoms with E-state index in [0.717, 1.165) is 16.9 Å². The van der Waals surface area contributed by atoms with E-state index in [0.29, 0.717) is 6.61 Å². The molecule has 1 atom stereocenters. The SMILES string of the molecule is CC.[B]C1(C)C=CC=C(c2cccc(OCC(C)(C)N3CCCCC3)c2)C=C1. The summed E-state index contributed by atoms with van der Waals surface area (Å²) in [6, 6.07) is 8.34. The van der Waals surface area contributed by atoms with Crippen LogP contribution < -0.4 is 4.74 Å². The van der Waals surface area contributed by atoms with Gasteiger partial charge in [0.05, 0.1) is 7.85 Å². The van der Waals surface area contributed by atoms with Crippen molar-refractivity contribution in [2.45, 2.75) is 64.7 Å². The number of allylic oxidation sites excluding steroid dienone is 6. The zero-order valence-corrected chi connectivity index (χ0v) is 18.4. The molecule has 1 unspecified atom stereocenters. The molecule has 1 aromatic rings. The molecule has 2 nitrogen and oxygen atoms in total. The average Bonchev–Trinajstić information content (AvgIpc) is 2.89. The Hall–Kier alpha value is -1.74. The number of likely N-dealkylation sites (tertiary alicyclic amines) is 1. The summed E-state index contributed by atoms with van der Waals surface area (Å²) in [5, 5.41) is -0.398. The number of hydrogen-bond donors (Lipinski definition) is 0. The molecule has 1 aromatic carbocycles. The lowest BCUT2D eigenvalue weighted by molar-refractivity contribution is 0.0515. The van der Waals surface area contributed by atoms with Crippen LogP contribution in [0.15, 0.2) is 54.6 Å². The lowest BCUT2D eigenvalue weighted by atomic mass is 9.70. The Labute approximate surface area is 173 Å². The van der Waals surface area contributed by atoms with Gasteiger partial charge in [-0.3, -0.25) is 4.90 Å². The summed E-state index contributed by atoms with van der Waals surface area (Å²) in [6.45, 7) is 13.6. The van der Waals surface area contributed by atoms with Gasteiger partial charge in [-0.05, 0) is 68.4 Å². The van der Waals surface area contributed by atoms with Crippen LogP contribution in [0.2, 0.25) is 5.31 Å². The van der Waals surface area contributed by atoms with Crippen LogP contribution in [0.5, 0.6) is 5.75 Å². The van der Waals surface area contributed by atoms with Crippen LogP contribution in [0.1, 0.15) is 59.4 Å². The van der Waals surface area contributed by atoms with Gasteiger partial charge in [0.1, 0.15) is 12.4 Å². The first-order valence-corrected chi connectivity index (χ1v) is 10.7. The van der Waals surface area contributed by atoms with E-state index in [9.17, 15) is 0 Å². The number of ether oxygens (including phenoxy) is 1. The highest BCUT2D eigenvalue weighted by Gasteiger charge is 2.28. The molecule has 1 fully saturated rings. The van der Waals surface area contributed by atoms with Crippen molar-refractivity contribution in [3.05, 3.63) is 60.2 Å². The molecule has 1 aliphatic carbocycles. The van der Waals surface area contributed by atoms with Crippen molar-refractivity contribution in [1.82, 2.24) is 4.90 Å². The predicted molar refractivity (Wildman–Crippen MR) is 123 cm³/mol.